The molecule has 1 fully saturated rings. The van der Waals surface area contributed by atoms with Crippen molar-refractivity contribution >= 4 is 5.91 Å². The highest BCUT2D eigenvalue weighted by Crippen LogP contribution is 2.15. The van der Waals surface area contributed by atoms with Gasteiger partial charge < -0.3 is 10.0 Å². The number of aliphatic hydroxyl groups is 1. The first-order valence-corrected chi connectivity index (χ1v) is 6.87. The smallest absolute Gasteiger partial charge is 0.219 e. The molecule has 1 aromatic rings. The third-order valence-electron chi connectivity index (χ3n) is 3.65. The summed E-state index contributed by atoms with van der Waals surface area (Å²) in [6.45, 7) is 5.62. The number of hydrogen-bond donors (Lipinski definition) is 1. The molecular weight excluding hydrogens is 240 g/mol. The van der Waals surface area contributed by atoms with Crippen molar-refractivity contribution in [3.05, 3.63) is 35.9 Å². The van der Waals surface area contributed by atoms with Crippen molar-refractivity contribution in [3.63, 3.8) is 0 Å². The van der Waals surface area contributed by atoms with Crippen LogP contribution < -0.4 is 0 Å². The van der Waals surface area contributed by atoms with Gasteiger partial charge in [-0.25, -0.2) is 0 Å². The quantitative estimate of drug-likeness (QED) is 0.892. The number of aliphatic hydroxyl groups excluding tert-OH is 1. The largest absolute Gasteiger partial charge is 0.387 e. The van der Waals surface area contributed by atoms with E-state index in [2.05, 4.69) is 4.90 Å². The van der Waals surface area contributed by atoms with Gasteiger partial charge in [-0.15, -0.1) is 0 Å². The van der Waals surface area contributed by atoms with Crippen molar-refractivity contribution < 1.29 is 9.90 Å². The molecule has 0 saturated carbocycles. The second-order valence-corrected chi connectivity index (χ2v) is 5.09. The molecule has 2 rings (SSSR count). The Bertz CT molecular complexity index is 408. The normalized spacial score (nSPS) is 18.9. The zero-order chi connectivity index (χ0) is 13.7. The first kappa shape index (κ1) is 14.0. The van der Waals surface area contributed by atoms with Gasteiger partial charge in [-0.05, 0) is 12.0 Å². The Morgan fingerprint density at radius 2 is 1.95 bits per heavy atom. The number of benzene rings is 1. The summed E-state index contributed by atoms with van der Waals surface area (Å²) in [5.74, 6) is 0.144. The summed E-state index contributed by atoms with van der Waals surface area (Å²) in [5.41, 5.74) is 0.954. The van der Waals surface area contributed by atoms with E-state index in [0.29, 0.717) is 6.54 Å². The van der Waals surface area contributed by atoms with Crippen LogP contribution in [0.25, 0.3) is 0 Å². The number of rotatable bonds is 3. The molecule has 0 bridgehead atoms. The van der Waals surface area contributed by atoms with E-state index in [1.54, 1.807) is 6.92 Å². The molecule has 1 aromatic carbocycles. The molecule has 1 saturated heterocycles. The average molecular weight is 262 g/mol. The average Bonchev–Trinajstić information content (AvgIpc) is 2.65. The molecular formula is C15H22N2O2. The molecule has 1 N–H and O–H groups in total. The zero-order valence-electron chi connectivity index (χ0n) is 11.5. The fourth-order valence-electron chi connectivity index (χ4n) is 2.49. The van der Waals surface area contributed by atoms with E-state index >= 15 is 0 Å². The van der Waals surface area contributed by atoms with E-state index in [1.807, 2.05) is 35.2 Å². The minimum Gasteiger partial charge on any atom is -0.387 e. The maximum atomic E-state index is 11.4. The molecule has 0 aliphatic carbocycles. The van der Waals surface area contributed by atoms with Gasteiger partial charge in [0.2, 0.25) is 5.91 Å². The Labute approximate surface area is 114 Å². The Balaban J connectivity index is 1.88. The van der Waals surface area contributed by atoms with E-state index in [9.17, 15) is 9.90 Å². The van der Waals surface area contributed by atoms with Crippen molar-refractivity contribution in [1.82, 2.24) is 9.80 Å². The van der Waals surface area contributed by atoms with Crippen LogP contribution in [0.1, 0.15) is 25.0 Å². The third-order valence-corrected chi connectivity index (χ3v) is 3.65. The number of hydrogen-bond acceptors (Lipinski definition) is 3. The van der Waals surface area contributed by atoms with Crippen molar-refractivity contribution in [3.8, 4) is 0 Å². The van der Waals surface area contributed by atoms with Crippen LogP contribution in [0.4, 0.5) is 0 Å². The molecule has 0 aromatic heterocycles. The predicted octanol–water partition coefficient (Wildman–Crippen LogP) is 1.27. The standard InChI is InChI=1S/C15H22N2O2/c1-13(18)17-9-5-8-16(10-11-17)12-15(19)14-6-3-2-4-7-14/h2-4,6-7,15,19H,5,8-12H2,1H3/t15-/m1/s1. The second kappa shape index (κ2) is 6.68. The first-order chi connectivity index (χ1) is 9.16. The molecule has 1 aliphatic heterocycles. The monoisotopic (exact) mass is 262 g/mol. The number of amides is 1. The van der Waals surface area contributed by atoms with Crippen LogP contribution in [0.15, 0.2) is 30.3 Å². The molecule has 4 nitrogen and oxygen atoms in total. The Morgan fingerprint density at radius 1 is 1.21 bits per heavy atom. The molecule has 0 radical (unpaired) electrons. The molecule has 0 unspecified atom stereocenters. The Kier molecular flexibility index (Phi) is 4.93. The van der Waals surface area contributed by atoms with E-state index in [1.165, 1.54) is 0 Å². The molecule has 1 aliphatic rings. The second-order valence-electron chi connectivity index (χ2n) is 5.09. The molecule has 1 amide bonds. The summed E-state index contributed by atoms with van der Waals surface area (Å²) in [6.07, 6.45) is 0.520. The Hall–Kier alpha value is -1.39. The molecule has 4 heteroatoms. The summed E-state index contributed by atoms with van der Waals surface area (Å²) >= 11 is 0. The topological polar surface area (TPSA) is 43.8 Å². The fourth-order valence-corrected chi connectivity index (χ4v) is 2.49. The summed E-state index contributed by atoms with van der Waals surface area (Å²) < 4.78 is 0. The lowest BCUT2D eigenvalue weighted by Crippen LogP contribution is -2.35. The minimum atomic E-state index is -0.454. The molecule has 19 heavy (non-hydrogen) atoms. The zero-order valence-corrected chi connectivity index (χ0v) is 11.5. The first-order valence-electron chi connectivity index (χ1n) is 6.87. The van der Waals surface area contributed by atoms with Crippen LogP contribution in [0, 0.1) is 0 Å². The van der Waals surface area contributed by atoms with E-state index in [0.717, 1.165) is 38.2 Å². The lowest BCUT2D eigenvalue weighted by Gasteiger charge is -2.23. The number of carbonyl (C=O) groups excluding carboxylic acids is 1. The van der Waals surface area contributed by atoms with Crippen LogP contribution in [-0.4, -0.2) is 53.5 Å². The van der Waals surface area contributed by atoms with E-state index in [4.69, 9.17) is 0 Å². The van der Waals surface area contributed by atoms with Gasteiger partial charge in [0, 0.05) is 39.6 Å². The van der Waals surface area contributed by atoms with Gasteiger partial charge in [0.25, 0.3) is 0 Å². The number of carbonyl (C=O) groups is 1. The van der Waals surface area contributed by atoms with Gasteiger partial charge in [-0.3, -0.25) is 9.69 Å². The maximum absolute atomic E-state index is 11.4. The predicted molar refractivity (Wildman–Crippen MR) is 74.7 cm³/mol. The molecule has 0 spiro atoms. The highest BCUT2D eigenvalue weighted by molar-refractivity contribution is 5.73. The lowest BCUT2D eigenvalue weighted by molar-refractivity contribution is -0.128. The summed E-state index contributed by atoms with van der Waals surface area (Å²) in [7, 11) is 0. The van der Waals surface area contributed by atoms with Gasteiger partial charge in [-0.2, -0.15) is 0 Å². The molecule has 1 heterocycles. The van der Waals surface area contributed by atoms with E-state index < -0.39 is 6.10 Å². The summed E-state index contributed by atoms with van der Waals surface area (Å²) in [6, 6.07) is 9.73. The lowest BCUT2D eigenvalue weighted by atomic mass is 10.1. The highest BCUT2D eigenvalue weighted by atomic mass is 16.3. The number of β-amino-alcohol motifs (C(OH)–C–C–N with tert-alkyl or cyclic N) is 1. The van der Waals surface area contributed by atoms with Crippen LogP contribution in [0.3, 0.4) is 0 Å². The third kappa shape index (κ3) is 4.04. The highest BCUT2D eigenvalue weighted by Gasteiger charge is 2.19. The van der Waals surface area contributed by atoms with Crippen LogP contribution >= 0.6 is 0 Å². The summed E-state index contributed by atoms with van der Waals surface area (Å²) in [5, 5.41) is 10.2. The van der Waals surface area contributed by atoms with Gasteiger partial charge in [0.1, 0.15) is 0 Å². The maximum Gasteiger partial charge on any atom is 0.219 e. The number of nitrogens with zero attached hydrogens (tertiary/aromatic N) is 2. The molecule has 1 atom stereocenters. The van der Waals surface area contributed by atoms with Crippen molar-refractivity contribution in [2.75, 3.05) is 32.7 Å². The van der Waals surface area contributed by atoms with Crippen molar-refractivity contribution in [2.24, 2.45) is 0 Å². The van der Waals surface area contributed by atoms with Crippen molar-refractivity contribution in [1.29, 1.82) is 0 Å². The van der Waals surface area contributed by atoms with Gasteiger partial charge >= 0.3 is 0 Å². The van der Waals surface area contributed by atoms with Gasteiger partial charge in [0.05, 0.1) is 6.10 Å². The van der Waals surface area contributed by atoms with Crippen LogP contribution in [0.2, 0.25) is 0 Å². The SMILES string of the molecule is CC(=O)N1CCCN(C[C@@H](O)c2ccccc2)CC1. The van der Waals surface area contributed by atoms with E-state index in [-0.39, 0.29) is 5.91 Å². The minimum absolute atomic E-state index is 0.144. The van der Waals surface area contributed by atoms with Gasteiger partial charge in [-0.1, -0.05) is 30.3 Å². The van der Waals surface area contributed by atoms with Crippen LogP contribution in [0.5, 0.6) is 0 Å². The van der Waals surface area contributed by atoms with Crippen LogP contribution in [-0.2, 0) is 4.79 Å². The Morgan fingerprint density at radius 3 is 2.63 bits per heavy atom. The van der Waals surface area contributed by atoms with Crippen molar-refractivity contribution in [2.45, 2.75) is 19.4 Å². The van der Waals surface area contributed by atoms with Gasteiger partial charge in [0.15, 0.2) is 0 Å². The fraction of sp³-hybridized carbons (Fsp3) is 0.533. The summed E-state index contributed by atoms with van der Waals surface area (Å²) in [4.78, 5) is 15.5. The molecule has 104 valence electrons.